The van der Waals surface area contributed by atoms with Gasteiger partial charge in [-0.1, -0.05) is 0 Å². The number of fused-ring (bicyclic) bond motifs is 1. The van der Waals surface area contributed by atoms with Crippen molar-refractivity contribution in [2.24, 2.45) is 0 Å². The fourth-order valence-corrected chi connectivity index (χ4v) is 7.64. The van der Waals surface area contributed by atoms with Gasteiger partial charge in [0.1, 0.15) is 0 Å². The number of benzene rings is 3. The van der Waals surface area contributed by atoms with Crippen molar-refractivity contribution in [3.63, 3.8) is 0 Å². The van der Waals surface area contributed by atoms with E-state index in [-0.39, 0.29) is 20.7 Å². The number of nitrogens with one attached hydrogen (secondary N) is 1. The summed E-state index contributed by atoms with van der Waals surface area (Å²) in [5.74, 6) is -0.858. The van der Waals surface area contributed by atoms with Gasteiger partial charge in [-0.05, 0) is 0 Å². The van der Waals surface area contributed by atoms with Crippen LogP contribution in [0.1, 0.15) is 6.92 Å². The van der Waals surface area contributed by atoms with Crippen LogP contribution in [0, 0.1) is 0 Å². The van der Waals surface area contributed by atoms with Gasteiger partial charge in [0.2, 0.25) is 0 Å². The second-order valence-electron chi connectivity index (χ2n) is 5.91. The molecule has 0 aromatic heterocycles. The number of anilines is 1. The molecule has 1 unspecified atom stereocenters. The van der Waals surface area contributed by atoms with E-state index in [0.29, 0.717) is 10.8 Å². The van der Waals surface area contributed by atoms with Gasteiger partial charge >= 0.3 is 164 Å². The Labute approximate surface area is 163 Å². The summed E-state index contributed by atoms with van der Waals surface area (Å²) in [6.07, 6.45) is 0. The van der Waals surface area contributed by atoms with E-state index in [0.717, 1.165) is 18.2 Å². The van der Waals surface area contributed by atoms with Crippen molar-refractivity contribution < 1.29 is 29.3 Å². The van der Waals surface area contributed by atoms with Gasteiger partial charge in [-0.3, -0.25) is 0 Å². The number of amides is 1. The normalized spacial score (nSPS) is 13.8. The molecule has 10 heteroatoms. The summed E-state index contributed by atoms with van der Waals surface area (Å²) in [5, 5.41) is 13.0. The maximum absolute atomic E-state index is 12.7. The molecule has 0 saturated carbocycles. The topological polar surface area (TPSA) is 130 Å². The van der Waals surface area contributed by atoms with Gasteiger partial charge in [-0.25, -0.2) is 0 Å². The van der Waals surface area contributed by atoms with Crippen LogP contribution in [0.3, 0.4) is 0 Å². The summed E-state index contributed by atoms with van der Waals surface area (Å²) in [6, 6.07) is 14.3. The maximum atomic E-state index is 12.7. The summed E-state index contributed by atoms with van der Waals surface area (Å²) >= 11 is -5.59. The summed E-state index contributed by atoms with van der Waals surface area (Å²) in [7, 11) is -4.57. The van der Waals surface area contributed by atoms with Crippen molar-refractivity contribution in [2.75, 3.05) is 5.32 Å². The monoisotopic (exact) mass is 465 g/mol. The van der Waals surface area contributed by atoms with Crippen molar-refractivity contribution in [1.82, 2.24) is 0 Å². The predicted molar refractivity (Wildman–Crippen MR) is 103 cm³/mol. The van der Waals surface area contributed by atoms with Gasteiger partial charge < -0.3 is 0 Å². The first-order valence-electron chi connectivity index (χ1n) is 7.98. The van der Waals surface area contributed by atoms with Gasteiger partial charge in [-0.15, -0.1) is 0 Å². The van der Waals surface area contributed by atoms with E-state index < -0.39 is 30.2 Å². The van der Waals surface area contributed by atoms with E-state index in [1.165, 1.54) is 19.1 Å². The van der Waals surface area contributed by atoms with Crippen LogP contribution >= 0.6 is 0 Å². The zero-order valence-corrected chi connectivity index (χ0v) is 17.3. The van der Waals surface area contributed by atoms with Crippen LogP contribution in [-0.4, -0.2) is 37.7 Å². The van der Waals surface area contributed by atoms with Crippen LogP contribution in [0.4, 0.5) is 5.69 Å². The molecule has 3 aromatic rings. The second kappa shape index (κ2) is 7.44. The molecule has 0 aliphatic rings. The predicted octanol–water partition coefficient (Wildman–Crippen LogP) is 1.48. The Kier molecular flexibility index (Phi) is 5.36. The molecule has 0 aliphatic heterocycles. The molecule has 1 amide bonds. The van der Waals surface area contributed by atoms with Crippen LogP contribution in [0.25, 0.3) is 10.8 Å². The Hall–Kier alpha value is -2.58. The molecule has 3 rings (SSSR count). The average Bonchev–Trinajstić information content (AvgIpc) is 2.61. The molecule has 0 heterocycles. The minimum absolute atomic E-state index is 0.133. The van der Waals surface area contributed by atoms with E-state index in [4.69, 9.17) is 3.17 Å². The molecule has 3 N–H and O–H groups in total. The van der Waals surface area contributed by atoms with Gasteiger partial charge in [0, 0.05) is 0 Å². The summed E-state index contributed by atoms with van der Waals surface area (Å²) in [6.45, 7) is 1.19. The Morgan fingerprint density at radius 2 is 1.75 bits per heavy atom. The molecule has 146 valence electrons. The van der Waals surface area contributed by atoms with Gasteiger partial charge in [0.25, 0.3) is 0 Å². The zero-order chi connectivity index (χ0) is 20.5. The van der Waals surface area contributed by atoms with E-state index in [1.54, 1.807) is 30.3 Å². The number of carbonyl (C=O) groups is 1. The number of hydrogen-bond donors (Lipinski definition) is 3. The van der Waals surface area contributed by atoms with Crippen LogP contribution in [0.5, 0.6) is 5.75 Å². The first-order valence-corrected chi connectivity index (χ1v) is 12.7. The minimum atomic E-state index is -5.59. The quantitative estimate of drug-likeness (QED) is 0.384. The molecule has 0 radical (unpaired) electrons. The molecule has 3 aromatic carbocycles. The number of rotatable bonds is 5. The second-order valence-corrected chi connectivity index (χ2v) is 11.6. The van der Waals surface area contributed by atoms with Crippen molar-refractivity contribution in [3.8, 4) is 5.75 Å². The van der Waals surface area contributed by atoms with E-state index in [2.05, 4.69) is 5.32 Å². The fourth-order valence-electron chi connectivity index (χ4n) is 2.62. The van der Waals surface area contributed by atoms with E-state index in [1.807, 2.05) is 0 Å². The molecule has 1 atom stereocenters. The summed E-state index contributed by atoms with van der Waals surface area (Å²) in [4.78, 5) is 11.0. The Morgan fingerprint density at radius 1 is 1.07 bits per heavy atom. The molecule has 0 fully saturated rings. The molecule has 0 spiro atoms. The molecule has 8 nitrogen and oxygen atoms in total. The van der Waals surface area contributed by atoms with E-state index in [9.17, 15) is 26.2 Å². The molecular weight excluding hydrogens is 449 g/mol. The SMILES string of the molecule is CC(=O)Nc1cc([As](=O)(O)OS(=O)(=O)c2cccc3ccccc23)ccc1O. The molecule has 0 bridgehead atoms. The van der Waals surface area contributed by atoms with Crippen LogP contribution in [0.2, 0.25) is 0 Å². The Bertz CT molecular complexity index is 1220. The standard InChI is InChI=1S/C18H16AsNO7S/c1-12(21)20-16-11-14(9-10-17(16)22)19(23,24)27-28(25,26)18-8-4-6-13-5-2-3-7-15(13)18/h2-11,22H,1H3,(H,20,21)(H,23,24). The van der Waals surface area contributed by atoms with Crippen molar-refractivity contribution >= 4 is 51.0 Å². The van der Waals surface area contributed by atoms with Gasteiger partial charge in [-0.2, -0.15) is 0 Å². The number of phenolic OH excluding ortho intramolecular Hbond substituents is 1. The number of carbonyl (C=O) groups excluding carboxylic acids is 1. The summed E-state index contributed by atoms with van der Waals surface area (Å²) in [5.41, 5.74) is -0.133. The third-order valence-electron chi connectivity index (χ3n) is 3.84. The average molecular weight is 465 g/mol. The van der Waals surface area contributed by atoms with Gasteiger partial charge in [0.05, 0.1) is 0 Å². The number of hydrogen-bond acceptors (Lipinski definition) is 6. The van der Waals surface area contributed by atoms with Crippen LogP contribution in [0.15, 0.2) is 65.6 Å². The number of phenols is 1. The van der Waals surface area contributed by atoms with Crippen molar-refractivity contribution in [3.05, 3.63) is 60.7 Å². The molecular formula is C18H16AsNO7S. The molecule has 28 heavy (non-hydrogen) atoms. The third kappa shape index (κ3) is 4.12. The zero-order valence-electron chi connectivity index (χ0n) is 14.6. The Balaban J connectivity index is 2.02. The van der Waals surface area contributed by atoms with Crippen LogP contribution in [-0.2, 0) is 21.8 Å². The van der Waals surface area contributed by atoms with E-state index >= 15 is 0 Å². The molecule has 0 saturated heterocycles. The van der Waals surface area contributed by atoms with Crippen LogP contribution < -0.4 is 9.67 Å². The Morgan fingerprint density at radius 3 is 2.46 bits per heavy atom. The van der Waals surface area contributed by atoms with Crippen molar-refractivity contribution in [2.45, 2.75) is 11.8 Å². The summed E-state index contributed by atoms with van der Waals surface area (Å²) < 4.78 is 52.9. The number of aromatic hydroxyl groups is 1. The first-order chi connectivity index (χ1) is 13.1. The van der Waals surface area contributed by atoms with Crippen molar-refractivity contribution in [1.29, 1.82) is 0 Å². The fraction of sp³-hybridized carbons (Fsp3) is 0.0556. The third-order valence-corrected chi connectivity index (χ3v) is 9.59. The first kappa shape index (κ1) is 20.2. The molecule has 0 aliphatic carbocycles. The van der Waals surface area contributed by atoms with Gasteiger partial charge in [0.15, 0.2) is 0 Å².